The number of aliphatic carboxylic acids is 1. The molecule has 1 fully saturated rings. The fourth-order valence-corrected chi connectivity index (χ4v) is 1.38. The van der Waals surface area contributed by atoms with Crippen LogP contribution >= 0.6 is 0 Å². The number of nitrogens with zero attached hydrogens (tertiary/aromatic N) is 1. The van der Waals surface area contributed by atoms with Crippen LogP contribution < -0.4 is 10.7 Å². The van der Waals surface area contributed by atoms with Gasteiger partial charge in [0.15, 0.2) is 6.04 Å². The van der Waals surface area contributed by atoms with Gasteiger partial charge in [0.2, 0.25) is 0 Å². The van der Waals surface area contributed by atoms with E-state index >= 15 is 0 Å². The maximum atomic E-state index is 11.5. The molecule has 0 radical (unpaired) electrons. The molecule has 8 nitrogen and oxygen atoms in total. The van der Waals surface area contributed by atoms with Crippen molar-refractivity contribution in [3.63, 3.8) is 0 Å². The minimum absolute atomic E-state index is 0.513. The monoisotopic (exact) mass is 247 g/mol. The molecule has 0 aromatic carbocycles. The molecule has 0 aromatic rings. The van der Waals surface area contributed by atoms with E-state index in [1.54, 1.807) is 5.01 Å². The Morgan fingerprint density at radius 1 is 1.35 bits per heavy atom. The van der Waals surface area contributed by atoms with Crippen molar-refractivity contribution in [2.75, 3.05) is 26.3 Å². The molecule has 1 saturated heterocycles. The lowest BCUT2D eigenvalue weighted by Crippen LogP contribution is -2.56. The molecule has 0 saturated carbocycles. The quantitative estimate of drug-likeness (QED) is 0.474. The summed E-state index contributed by atoms with van der Waals surface area (Å²) in [6.07, 6.45) is -1.16. The Kier molecular flexibility index (Phi) is 5.13. The number of carboxylic acid groups (broad SMARTS) is 1. The van der Waals surface area contributed by atoms with Crippen molar-refractivity contribution in [1.82, 2.24) is 15.8 Å². The van der Waals surface area contributed by atoms with Crippen LogP contribution in [-0.4, -0.2) is 65.7 Å². The normalized spacial score (nSPS) is 20.4. The molecular weight excluding hydrogens is 230 g/mol. The number of ether oxygens (including phenoxy) is 1. The third-order valence-electron chi connectivity index (χ3n) is 2.31. The van der Waals surface area contributed by atoms with Crippen LogP contribution in [0.5, 0.6) is 0 Å². The predicted octanol–water partition coefficient (Wildman–Crippen LogP) is -1.63. The van der Waals surface area contributed by atoms with E-state index in [0.717, 1.165) is 0 Å². The van der Waals surface area contributed by atoms with E-state index in [1.807, 2.05) is 0 Å². The van der Waals surface area contributed by atoms with Crippen LogP contribution in [0.4, 0.5) is 4.79 Å². The molecule has 17 heavy (non-hydrogen) atoms. The molecule has 98 valence electrons. The van der Waals surface area contributed by atoms with Crippen molar-refractivity contribution in [1.29, 1.82) is 0 Å². The van der Waals surface area contributed by atoms with E-state index in [4.69, 9.17) is 9.84 Å². The van der Waals surface area contributed by atoms with Gasteiger partial charge in [0.05, 0.1) is 19.3 Å². The number of hydrogen-bond donors (Lipinski definition) is 4. The number of carbonyl (C=O) groups excluding carboxylic acids is 1. The number of urea groups is 1. The number of rotatable bonds is 4. The first kappa shape index (κ1) is 13.7. The van der Waals surface area contributed by atoms with Crippen molar-refractivity contribution in [3.8, 4) is 0 Å². The summed E-state index contributed by atoms with van der Waals surface area (Å²) in [5.74, 6) is -1.28. The maximum Gasteiger partial charge on any atom is 0.330 e. The van der Waals surface area contributed by atoms with Crippen LogP contribution in [0, 0.1) is 0 Å². The Morgan fingerprint density at radius 2 is 1.94 bits per heavy atom. The summed E-state index contributed by atoms with van der Waals surface area (Å²) in [6.45, 7) is 3.41. The number of nitrogens with one attached hydrogen (secondary N) is 2. The SMILES string of the molecule is C[C@@H](O)[C@H](NC(=O)NN1CCOCC1)C(=O)O. The third kappa shape index (κ3) is 4.55. The highest BCUT2D eigenvalue weighted by atomic mass is 16.5. The lowest BCUT2D eigenvalue weighted by molar-refractivity contribution is -0.141. The molecule has 1 heterocycles. The number of aliphatic hydroxyl groups excluding tert-OH is 1. The average molecular weight is 247 g/mol. The summed E-state index contributed by atoms with van der Waals surface area (Å²) in [4.78, 5) is 22.2. The number of morpholine rings is 1. The molecule has 1 rings (SSSR count). The molecule has 0 unspecified atom stereocenters. The van der Waals surface area contributed by atoms with Crippen LogP contribution in [0.25, 0.3) is 0 Å². The molecular formula is C9H17N3O5. The number of hydrazine groups is 1. The zero-order chi connectivity index (χ0) is 12.8. The predicted molar refractivity (Wildman–Crippen MR) is 57.2 cm³/mol. The van der Waals surface area contributed by atoms with Crippen LogP contribution in [0.1, 0.15) is 6.92 Å². The number of hydrogen-bond acceptors (Lipinski definition) is 5. The van der Waals surface area contributed by atoms with Gasteiger partial charge in [-0.2, -0.15) is 0 Å². The van der Waals surface area contributed by atoms with E-state index < -0.39 is 24.1 Å². The van der Waals surface area contributed by atoms with Gasteiger partial charge in [-0.15, -0.1) is 0 Å². The topological polar surface area (TPSA) is 111 Å². The van der Waals surface area contributed by atoms with Crippen molar-refractivity contribution < 1.29 is 24.5 Å². The molecule has 0 bridgehead atoms. The molecule has 0 aromatic heterocycles. The van der Waals surface area contributed by atoms with Crippen molar-refractivity contribution in [3.05, 3.63) is 0 Å². The second kappa shape index (κ2) is 6.38. The summed E-state index contributed by atoms with van der Waals surface area (Å²) < 4.78 is 5.09. The maximum absolute atomic E-state index is 11.5. The summed E-state index contributed by atoms with van der Waals surface area (Å²) >= 11 is 0. The minimum atomic E-state index is -1.32. The molecule has 0 spiro atoms. The Balaban J connectivity index is 2.38. The zero-order valence-corrected chi connectivity index (χ0v) is 9.55. The van der Waals surface area contributed by atoms with Gasteiger partial charge in [0.1, 0.15) is 0 Å². The van der Waals surface area contributed by atoms with E-state index in [0.29, 0.717) is 26.3 Å². The number of carbonyl (C=O) groups is 2. The molecule has 1 aliphatic heterocycles. The van der Waals surface area contributed by atoms with Crippen molar-refractivity contribution >= 4 is 12.0 Å². The first-order valence-corrected chi connectivity index (χ1v) is 5.31. The molecule has 2 atom stereocenters. The number of amides is 2. The standard InChI is InChI=1S/C9H17N3O5/c1-6(13)7(8(14)15)10-9(16)11-12-2-4-17-5-3-12/h6-7,13H,2-5H2,1H3,(H,14,15)(H2,10,11,16)/t6-,7+/m1/s1. The minimum Gasteiger partial charge on any atom is -0.480 e. The van der Waals surface area contributed by atoms with Gasteiger partial charge in [-0.1, -0.05) is 0 Å². The van der Waals surface area contributed by atoms with E-state index in [9.17, 15) is 14.7 Å². The second-order valence-electron chi connectivity index (χ2n) is 3.74. The average Bonchev–Trinajstić information content (AvgIpc) is 2.26. The first-order valence-electron chi connectivity index (χ1n) is 5.31. The van der Waals surface area contributed by atoms with Gasteiger partial charge in [-0.25, -0.2) is 14.6 Å². The summed E-state index contributed by atoms with van der Waals surface area (Å²) in [7, 11) is 0. The van der Waals surface area contributed by atoms with E-state index in [2.05, 4.69) is 10.7 Å². The largest absolute Gasteiger partial charge is 0.480 e. The Hall–Kier alpha value is -1.38. The Labute approximate surface area is 98.5 Å². The highest BCUT2D eigenvalue weighted by molar-refractivity contribution is 5.82. The van der Waals surface area contributed by atoms with Crippen LogP contribution in [0.15, 0.2) is 0 Å². The smallest absolute Gasteiger partial charge is 0.330 e. The zero-order valence-electron chi connectivity index (χ0n) is 9.55. The van der Waals surface area contributed by atoms with Gasteiger partial charge in [-0.05, 0) is 6.92 Å². The van der Waals surface area contributed by atoms with E-state index in [1.165, 1.54) is 6.92 Å². The first-order chi connectivity index (χ1) is 8.00. The van der Waals surface area contributed by atoms with Gasteiger partial charge in [0, 0.05) is 13.1 Å². The van der Waals surface area contributed by atoms with Crippen LogP contribution in [0.2, 0.25) is 0 Å². The molecule has 4 N–H and O–H groups in total. The van der Waals surface area contributed by atoms with Gasteiger partial charge >= 0.3 is 12.0 Å². The van der Waals surface area contributed by atoms with Gasteiger partial charge < -0.3 is 20.3 Å². The summed E-state index contributed by atoms with van der Waals surface area (Å²) in [6, 6.07) is -1.98. The highest BCUT2D eigenvalue weighted by Gasteiger charge is 2.25. The lowest BCUT2D eigenvalue weighted by Gasteiger charge is -2.28. The Morgan fingerprint density at radius 3 is 2.41 bits per heavy atom. The third-order valence-corrected chi connectivity index (χ3v) is 2.31. The summed E-state index contributed by atoms with van der Waals surface area (Å²) in [5.41, 5.74) is 2.49. The fourth-order valence-electron chi connectivity index (χ4n) is 1.38. The highest BCUT2D eigenvalue weighted by Crippen LogP contribution is 1.95. The lowest BCUT2D eigenvalue weighted by atomic mass is 10.2. The molecule has 2 amide bonds. The molecule has 1 aliphatic rings. The van der Waals surface area contributed by atoms with Gasteiger partial charge in [-0.3, -0.25) is 5.43 Å². The van der Waals surface area contributed by atoms with Crippen molar-refractivity contribution in [2.24, 2.45) is 0 Å². The molecule has 8 heteroatoms. The Bertz CT molecular complexity index is 278. The van der Waals surface area contributed by atoms with Gasteiger partial charge in [0.25, 0.3) is 0 Å². The van der Waals surface area contributed by atoms with Crippen molar-refractivity contribution in [2.45, 2.75) is 19.1 Å². The molecule has 0 aliphatic carbocycles. The summed E-state index contributed by atoms with van der Waals surface area (Å²) in [5, 5.41) is 21.7. The number of aliphatic hydroxyl groups is 1. The number of carboxylic acids is 1. The van der Waals surface area contributed by atoms with E-state index in [-0.39, 0.29) is 0 Å². The fraction of sp³-hybridized carbons (Fsp3) is 0.778. The van der Waals surface area contributed by atoms with Crippen LogP contribution in [0.3, 0.4) is 0 Å². The van der Waals surface area contributed by atoms with Crippen LogP contribution in [-0.2, 0) is 9.53 Å². The second-order valence-corrected chi connectivity index (χ2v) is 3.74.